The van der Waals surface area contributed by atoms with Gasteiger partial charge in [0.2, 0.25) is 0 Å². The Morgan fingerprint density at radius 3 is 1.41 bits per heavy atom. The Balaban J connectivity index is 1.04. The minimum absolute atomic E-state index is 0.00576. The standard InChI is InChI=1S/C81H78BN3O/c1-49-43-70-75-71(44-49)85(67-28-22-30-73-74(67)56-23-16-21-29-72(56)86-73)68-46-55(83(52-35-31-50(32-36-52)76(2,3)4)53-37-33-51(34-38-53)77(5,6)7)40-42-65(68)82(75)66-47-63-64(81(14,15)60-27-20-19-26-59(60)80(63,12)13)48-69(66)84(70)54-39-41-61-62(45-54)79(10,11)58-25-18-17-24-57(58)78(61,8)9/h16-48H,1-15H3. The summed E-state index contributed by atoms with van der Waals surface area (Å²) in [6.07, 6.45) is 0. The lowest BCUT2D eigenvalue weighted by Gasteiger charge is -2.48. The Morgan fingerprint density at radius 2 is 0.837 bits per heavy atom. The van der Waals surface area contributed by atoms with Crippen LogP contribution in [-0.4, -0.2) is 6.71 Å². The summed E-state index contributed by atoms with van der Waals surface area (Å²) in [6.45, 7) is 35.5. The molecule has 426 valence electrons. The summed E-state index contributed by atoms with van der Waals surface area (Å²) in [7, 11) is 0. The third-order valence-electron chi connectivity index (χ3n) is 20.7. The average Bonchev–Trinajstić information content (AvgIpc) is 0.716. The van der Waals surface area contributed by atoms with E-state index in [1.807, 2.05) is 0 Å². The van der Waals surface area contributed by atoms with Gasteiger partial charge < -0.3 is 19.1 Å². The van der Waals surface area contributed by atoms with E-state index in [1.165, 1.54) is 100 Å². The summed E-state index contributed by atoms with van der Waals surface area (Å²) in [4.78, 5) is 7.74. The Labute approximate surface area is 510 Å². The van der Waals surface area contributed by atoms with Crippen molar-refractivity contribution in [3.63, 3.8) is 0 Å². The number of furan rings is 1. The predicted octanol–water partition coefficient (Wildman–Crippen LogP) is 20.0. The van der Waals surface area contributed by atoms with Crippen molar-refractivity contribution in [3.05, 3.63) is 261 Å². The van der Waals surface area contributed by atoms with Crippen LogP contribution in [0.3, 0.4) is 0 Å². The van der Waals surface area contributed by atoms with Crippen molar-refractivity contribution in [1.29, 1.82) is 0 Å². The van der Waals surface area contributed by atoms with Gasteiger partial charge in [0.25, 0.3) is 6.71 Å². The lowest BCUT2D eigenvalue weighted by molar-refractivity contribution is 0.520. The highest BCUT2D eigenvalue weighted by molar-refractivity contribution is 7.00. The molecule has 0 N–H and O–H groups in total. The minimum atomic E-state index is -0.274. The highest BCUT2D eigenvalue weighted by Gasteiger charge is 2.49. The van der Waals surface area contributed by atoms with E-state index >= 15 is 0 Å². The number of para-hydroxylation sites is 1. The highest BCUT2D eigenvalue weighted by atomic mass is 16.3. The van der Waals surface area contributed by atoms with E-state index in [1.54, 1.807) is 0 Å². The van der Waals surface area contributed by atoms with E-state index in [-0.39, 0.29) is 39.2 Å². The number of hydrogen-bond acceptors (Lipinski definition) is 4. The third kappa shape index (κ3) is 7.74. The molecule has 0 saturated heterocycles. The molecule has 0 spiro atoms. The molecule has 0 bridgehead atoms. The maximum absolute atomic E-state index is 6.80. The number of fused-ring (bicyclic) bond motifs is 11. The molecule has 0 radical (unpaired) electrons. The third-order valence-corrected chi connectivity index (χ3v) is 20.7. The number of anilines is 9. The molecule has 2 aliphatic carbocycles. The topological polar surface area (TPSA) is 22.9 Å². The molecule has 0 saturated carbocycles. The van der Waals surface area contributed by atoms with Gasteiger partial charge in [-0.25, -0.2) is 0 Å². The first-order valence-corrected chi connectivity index (χ1v) is 31.2. The monoisotopic (exact) mass is 1120 g/mol. The molecular formula is C81H78BN3O. The number of aryl methyl sites for hydroxylation is 1. The van der Waals surface area contributed by atoms with Crippen LogP contribution in [0.15, 0.2) is 205 Å². The fourth-order valence-corrected chi connectivity index (χ4v) is 15.9. The second-order valence-electron chi connectivity index (χ2n) is 29.5. The lowest BCUT2D eigenvalue weighted by atomic mass is 9.33. The Bertz CT molecular complexity index is 4580. The fraction of sp³-hybridized carbons (Fsp3) is 0.259. The first-order chi connectivity index (χ1) is 40.8. The Morgan fingerprint density at radius 1 is 0.372 bits per heavy atom. The van der Waals surface area contributed by atoms with E-state index in [4.69, 9.17) is 4.42 Å². The predicted molar refractivity (Wildman–Crippen MR) is 366 cm³/mol. The largest absolute Gasteiger partial charge is 0.456 e. The summed E-state index contributed by atoms with van der Waals surface area (Å²) < 4.78 is 6.80. The lowest BCUT2D eigenvalue weighted by Crippen LogP contribution is -2.62. The van der Waals surface area contributed by atoms with Gasteiger partial charge in [-0.1, -0.05) is 212 Å². The molecule has 1 aromatic heterocycles. The SMILES string of the molecule is Cc1cc2c3c(c1)N(c1cccc4oc5ccccc5c14)c1cc(N(c4ccc(C(C)(C)C)cc4)c4ccc(C(C)(C)C)cc4)ccc1B3c1cc3c(cc1N2c1ccc2c(c1)C(C)(C)c1ccccc1C2(C)C)C(C)(C)c1ccccc1C3(C)C. The summed E-state index contributed by atoms with van der Waals surface area (Å²) in [5.74, 6) is 0. The number of hydrogen-bond donors (Lipinski definition) is 0. The molecule has 0 unspecified atom stereocenters. The number of nitrogens with zero attached hydrogens (tertiary/aromatic N) is 3. The average molecular weight is 1120 g/mol. The molecule has 10 aromatic carbocycles. The highest BCUT2D eigenvalue weighted by Crippen LogP contribution is 2.56. The van der Waals surface area contributed by atoms with Gasteiger partial charge in [0.15, 0.2) is 0 Å². The van der Waals surface area contributed by atoms with Crippen molar-refractivity contribution >= 4 is 96.2 Å². The smallest absolute Gasteiger partial charge is 0.252 e. The maximum atomic E-state index is 6.80. The molecule has 3 heterocycles. The zero-order chi connectivity index (χ0) is 59.9. The number of benzene rings is 10. The molecule has 11 aromatic rings. The summed E-state index contributed by atoms with van der Waals surface area (Å²) in [6, 6.07) is 77.2. The van der Waals surface area contributed by atoms with E-state index < -0.39 is 0 Å². The van der Waals surface area contributed by atoms with Gasteiger partial charge in [-0.05, 0) is 180 Å². The van der Waals surface area contributed by atoms with Crippen LogP contribution < -0.4 is 31.1 Å². The molecule has 4 nitrogen and oxygen atoms in total. The van der Waals surface area contributed by atoms with E-state index in [9.17, 15) is 0 Å². The van der Waals surface area contributed by atoms with Crippen LogP contribution in [0, 0.1) is 6.92 Å². The summed E-state index contributed by atoms with van der Waals surface area (Å²) in [5, 5.41) is 2.20. The van der Waals surface area contributed by atoms with Crippen LogP contribution in [0.5, 0.6) is 0 Å². The van der Waals surface area contributed by atoms with Gasteiger partial charge >= 0.3 is 0 Å². The normalized spacial score (nSPS) is 16.4. The summed E-state index contributed by atoms with van der Waals surface area (Å²) in [5.41, 5.74) is 30.0. The zero-order valence-corrected chi connectivity index (χ0v) is 52.9. The van der Waals surface area contributed by atoms with Crippen molar-refractivity contribution in [2.45, 2.75) is 136 Å². The van der Waals surface area contributed by atoms with Crippen LogP contribution in [0.1, 0.15) is 158 Å². The van der Waals surface area contributed by atoms with Crippen molar-refractivity contribution in [2.75, 3.05) is 14.7 Å². The summed E-state index contributed by atoms with van der Waals surface area (Å²) >= 11 is 0. The quantitative estimate of drug-likeness (QED) is 0.160. The van der Waals surface area contributed by atoms with Gasteiger partial charge in [-0.15, -0.1) is 0 Å². The maximum Gasteiger partial charge on any atom is 0.252 e. The molecule has 86 heavy (non-hydrogen) atoms. The van der Waals surface area contributed by atoms with Crippen molar-refractivity contribution in [3.8, 4) is 0 Å². The van der Waals surface area contributed by atoms with Crippen LogP contribution in [0.2, 0.25) is 0 Å². The zero-order valence-electron chi connectivity index (χ0n) is 52.9. The van der Waals surface area contributed by atoms with Crippen LogP contribution in [0.25, 0.3) is 21.9 Å². The molecule has 2 aliphatic heterocycles. The van der Waals surface area contributed by atoms with Gasteiger partial charge in [0.05, 0.1) is 11.1 Å². The van der Waals surface area contributed by atoms with Crippen LogP contribution in [-0.2, 0) is 32.5 Å². The Kier molecular flexibility index (Phi) is 11.5. The number of rotatable bonds is 5. The fourth-order valence-electron chi connectivity index (χ4n) is 15.9. The van der Waals surface area contributed by atoms with Crippen molar-refractivity contribution in [1.82, 2.24) is 0 Å². The van der Waals surface area contributed by atoms with E-state index in [0.717, 1.165) is 50.4 Å². The van der Waals surface area contributed by atoms with Crippen LogP contribution in [0.4, 0.5) is 51.2 Å². The van der Waals surface area contributed by atoms with Crippen molar-refractivity contribution < 1.29 is 4.42 Å². The van der Waals surface area contributed by atoms with E-state index in [2.05, 4.69) is 319 Å². The molecule has 0 atom stereocenters. The second-order valence-corrected chi connectivity index (χ2v) is 29.5. The molecule has 4 aliphatic rings. The van der Waals surface area contributed by atoms with E-state index in [0.29, 0.717) is 0 Å². The molecule has 0 amide bonds. The molecule has 5 heteroatoms. The van der Waals surface area contributed by atoms with Gasteiger partial charge in [0, 0.05) is 72.5 Å². The second kappa shape index (κ2) is 18.3. The molecule has 15 rings (SSSR count). The van der Waals surface area contributed by atoms with Crippen LogP contribution >= 0.6 is 0 Å². The van der Waals surface area contributed by atoms with Gasteiger partial charge in [-0.3, -0.25) is 0 Å². The van der Waals surface area contributed by atoms with Gasteiger partial charge in [-0.2, -0.15) is 0 Å². The molecular weight excluding hydrogens is 1040 g/mol. The molecule has 0 fully saturated rings. The minimum Gasteiger partial charge on any atom is -0.456 e. The van der Waals surface area contributed by atoms with Gasteiger partial charge in [0.1, 0.15) is 11.2 Å². The first-order valence-electron chi connectivity index (χ1n) is 31.2. The van der Waals surface area contributed by atoms with Crippen molar-refractivity contribution in [2.24, 2.45) is 0 Å². The Hall–Kier alpha value is -8.54. The first kappa shape index (κ1) is 54.1.